The lowest BCUT2D eigenvalue weighted by molar-refractivity contribution is 0.153. The van der Waals surface area contributed by atoms with Crippen molar-refractivity contribution in [1.82, 2.24) is 15.1 Å². The van der Waals surface area contributed by atoms with Crippen LogP contribution in [0.2, 0.25) is 0 Å². The van der Waals surface area contributed by atoms with Gasteiger partial charge < -0.3 is 15.1 Å². The van der Waals surface area contributed by atoms with Crippen LogP contribution in [0.1, 0.15) is 36.3 Å². The van der Waals surface area contributed by atoms with Gasteiger partial charge in [-0.1, -0.05) is 24.3 Å². The normalized spacial score (nSPS) is 20.8. The van der Waals surface area contributed by atoms with Crippen LogP contribution < -0.4 is 5.32 Å². The molecule has 1 aliphatic heterocycles. The molecule has 1 saturated carbocycles. The largest absolute Gasteiger partial charge is 0.313 e. The van der Waals surface area contributed by atoms with Crippen LogP contribution in [0.4, 0.5) is 0 Å². The molecule has 21 heavy (non-hydrogen) atoms. The second-order valence-electron chi connectivity index (χ2n) is 6.69. The van der Waals surface area contributed by atoms with Crippen molar-refractivity contribution >= 4 is 0 Å². The number of benzene rings is 1. The third-order valence-electron chi connectivity index (χ3n) is 4.75. The lowest BCUT2D eigenvalue weighted by Crippen LogP contribution is -2.45. The highest BCUT2D eigenvalue weighted by Gasteiger charge is 2.23. The number of hydrogen-bond acceptors (Lipinski definition) is 3. The Hall–Kier alpha value is -0.900. The molecule has 0 unspecified atom stereocenters. The minimum Gasteiger partial charge on any atom is -0.313 e. The smallest absolute Gasteiger partial charge is 0.0205 e. The van der Waals surface area contributed by atoms with Gasteiger partial charge in [-0.15, -0.1) is 0 Å². The number of piperazine rings is 1. The van der Waals surface area contributed by atoms with Gasteiger partial charge in [-0.2, -0.15) is 0 Å². The molecule has 3 rings (SSSR count). The van der Waals surface area contributed by atoms with E-state index < -0.39 is 0 Å². The van der Waals surface area contributed by atoms with Crippen LogP contribution in [0.3, 0.4) is 0 Å². The van der Waals surface area contributed by atoms with Gasteiger partial charge in [0.15, 0.2) is 0 Å². The third-order valence-corrected chi connectivity index (χ3v) is 4.75. The van der Waals surface area contributed by atoms with E-state index in [9.17, 15) is 0 Å². The van der Waals surface area contributed by atoms with E-state index in [2.05, 4.69) is 46.4 Å². The molecule has 0 aromatic heterocycles. The van der Waals surface area contributed by atoms with E-state index in [0.29, 0.717) is 0 Å². The van der Waals surface area contributed by atoms with Gasteiger partial charge in [0.1, 0.15) is 0 Å². The average Bonchev–Trinajstić information content (AvgIpc) is 3.34. The summed E-state index contributed by atoms with van der Waals surface area (Å²) < 4.78 is 0. The van der Waals surface area contributed by atoms with E-state index in [4.69, 9.17) is 0 Å². The molecule has 0 amide bonds. The summed E-state index contributed by atoms with van der Waals surface area (Å²) in [6.07, 6.45) is 4.04. The quantitative estimate of drug-likeness (QED) is 0.776. The van der Waals surface area contributed by atoms with Crippen molar-refractivity contribution in [2.75, 3.05) is 46.3 Å². The maximum absolute atomic E-state index is 3.60. The average molecular weight is 287 g/mol. The first-order valence-electron chi connectivity index (χ1n) is 8.52. The molecule has 116 valence electrons. The predicted octanol–water partition coefficient (Wildman–Crippen LogP) is 2.29. The van der Waals surface area contributed by atoms with Gasteiger partial charge in [-0.25, -0.2) is 0 Å². The number of nitrogens with zero attached hydrogens (tertiary/aromatic N) is 2. The molecular weight excluding hydrogens is 258 g/mol. The summed E-state index contributed by atoms with van der Waals surface area (Å²) in [6, 6.07) is 9.15. The summed E-state index contributed by atoms with van der Waals surface area (Å²) in [7, 11) is 2.22. The molecule has 0 spiro atoms. The highest BCUT2D eigenvalue weighted by Crippen LogP contribution is 2.40. The molecular formula is C18H29N3. The van der Waals surface area contributed by atoms with E-state index in [0.717, 1.165) is 19.0 Å². The first-order valence-corrected chi connectivity index (χ1v) is 8.52. The Kier molecular flexibility index (Phi) is 5.28. The SMILES string of the molecule is CN1CCN(CCCNCc2cccc(C3CC3)c2)CC1. The summed E-state index contributed by atoms with van der Waals surface area (Å²) in [4.78, 5) is 5.01. The summed E-state index contributed by atoms with van der Waals surface area (Å²) in [5.41, 5.74) is 2.99. The van der Waals surface area contributed by atoms with E-state index in [1.807, 2.05) is 0 Å². The number of nitrogens with one attached hydrogen (secondary N) is 1. The number of rotatable bonds is 7. The van der Waals surface area contributed by atoms with Gasteiger partial charge in [-0.3, -0.25) is 0 Å². The standard InChI is InChI=1S/C18H29N3/c1-20-10-12-21(13-11-20)9-3-8-19-15-16-4-2-5-18(14-16)17-6-7-17/h2,4-5,14,17,19H,3,6-13,15H2,1H3. The summed E-state index contributed by atoms with van der Waals surface area (Å²) in [5, 5.41) is 3.60. The first kappa shape index (κ1) is 15.0. The lowest BCUT2D eigenvalue weighted by atomic mass is 10.1. The Morgan fingerprint density at radius 1 is 1.14 bits per heavy atom. The zero-order chi connectivity index (χ0) is 14.5. The van der Waals surface area contributed by atoms with Crippen LogP contribution in [-0.4, -0.2) is 56.1 Å². The lowest BCUT2D eigenvalue weighted by Gasteiger charge is -2.32. The Bertz CT molecular complexity index is 434. The van der Waals surface area contributed by atoms with Crippen molar-refractivity contribution in [1.29, 1.82) is 0 Å². The topological polar surface area (TPSA) is 18.5 Å². The van der Waals surface area contributed by atoms with Crippen LogP contribution in [0.25, 0.3) is 0 Å². The van der Waals surface area contributed by atoms with E-state index in [-0.39, 0.29) is 0 Å². The number of likely N-dealkylation sites (N-methyl/N-ethyl adjacent to an activating group) is 1. The van der Waals surface area contributed by atoms with Gasteiger partial charge in [0, 0.05) is 32.7 Å². The van der Waals surface area contributed by atoms with Gasteiger partial charge in [0.05, 0.1) is 0 Å². The Labute approximate surface area is 129 Å². The highest BCUT2D eigenvalue weighted by atomic mass is 15.2. The summed E-state index contributed by atoms with van der Waals surface area (Å²) in [6.45, 7) is 8.30. The van der Waals surface area contributed by atoms with E-state index in [1.165, 1.54) is 57.5 Å². The van der Waals surface area contributed by atoms with Crippen molar-refractivity contribution in [3.63, 3.8) is 0 Å². The molecule has 1 N–H and O–H groups in total. The van der Waals surface area contributed by atoms with Crippen molar-refractivity contribution in [3.05, 3.63) is 35.4 Å². The summed E-state index contributed by atoms with van der Waals surface area (Å²) in [5.74, 6) is 0.863. The zero-order valence-electron chi connectivity index (χ0n) is 13.4. The van der Waals surface area contributed by atoms with Crippen LogP contribution in [-0.2, 0) is 6.54 Å². The highest BCUT2D eigenvalue weighted by molar-refractivity contribution is 5.29. The minimum absolute atomic E-state index is 0.863. The predicted molar refractivity (Wildman–Crippen MR) is 88.7 cm³/mol. The van der Waals surface area contributed by atoms with Gasteiger partial charge in [-0.05, 0) is 56.4 Å². The van der Waals surface area contributed by atoms with Crippen molar-refractivity contribution < 1.29 is 0 Å². The van der Waals surface area contributed by atoms with Crippen LogP contribution in [0.15, 0.2) is 24.3 Å². The molecule has 1 saturated heterocycles. The monoisotopic (exact) mass is 287 g/mol. The summed E-state index contributed by atoms with van der Waals surface area (Å²) >= 11 is 0. The molecule has 0 radical (unpaired) electrons. The molecule has 3 heteroatoms. The van der Waals surface area contributed by atoms with Crippen LogP contribution in [0.5, 0.6) is 0 Å². The Morgan fingerprint density at radius 2 is 1.95 bits per heavy atom. The van der Waals surface area contributed by atoms with E-state index in [1.54, 1.807) is 5.56 Å². The second-order valence-corrected chi connectivity index (χ2v) is 6.69. The van der Waals surface area contributed by atoms with Crippen LogP contribution in [0, 0.1) is 0 Å². The first-order chi connectivity index (χ1) is 10.3. The fourth-order valence-electron chi connectivity index (χ4n) is 3.11. The van der Waals surface area contributed by atoms with Gasteiger partial charge in [0.25, 0.3) is 0 Å². The molecule has 1 aliphatic carbocycles. The molecule has 0 atom stereocenters. The maximum Gasteiger partial charge on any atom is 0.0205 e. The van der Waals surface area contributed by atoms with Crippen LogP contribution >= 0.6 is 0 Å². The third kappa shape index (κ3) is 4.80. The molecule has 1 aromatic rings. The van der Waals surface area contributed by atoms with E-state index >= 15 is 0 Å². The molecule has 2 fully saturated rings. The number of hydrogen-bond donors (Lipinski definition) is 1. The fourth-order valence-corrected chi connectivity index (χ4v) is 3.11. The van der Waals surface area contributed by atoms with Gasteiger partial charge >= 0.3 is 0 Å². The molecule has 1 aromatic carbocycles. The Balaban J connectivity index is 1.30. The fraction of sp³-hybridized carbons (Fsp3) is 0.667. The van der Waals surface area contributed by atoms with Crippen molar-refractivity contribution in [3.8, 4) is 0 Å². The van der Waals surface area contributed by atoms with Crippen molar-refractivity contribution in [2.24, 2.45) is 0 Å². The van der Waals surface area contributed by atoms with Gasteiger partial charge in [0.2, 0.25) is 0 Å². The zero-order valence-corrected chi connectivity index (χ0v) is 13.4. The minimum atomic E-state index is 0.863. The molecule has 1 heterocycles. The molecule has 2 aliphatic rings. The maximum atomic E-state index is 3.60. The second kappa shape index (κ2) is 7.39. The van der Waals surface area contributed by atoms with Crippen molar-refractivity contribution in [2.45, 2.75) is 31.7 Å². The Morgan fingerprint density at radius 3 is 2.71 bits per heavy atom. The molecule has 3 nitrogen and oxygen atoms in total. The molecule has 0 bridgehead atoms.